The molecule has 134 valence electrons. The monoisotopic (exact) mass is 335 g/mol. The van der Waals surface area contributed by atoms with Gasteiger partial charge in [-0.15, -0.1) is 32.4 Å². The quantitative estimate of drug-likeness (QED) is 0.158. The minimum atomic E-state index is -0.572. The van der Waals surface area contributed by atoms with E-state index >= 15 is 0 Å². The van der Waals surface area contributed by atoms with Crippen molar-refractivity contribution >= 4 is 18.3 Å². The van der Waals surface area contributed by atoms with Crippen LogP contribution in [0.4, 0.5) is 4.79 Å². The number of carbonyl (C=O) groups excluding carboxylic acids is 2. The summed E-state index contributed by atoms with van der Waals surface area (Å²) in [7, 11) is 0. The average Bonchev–Trinajstić information content (AvgIpc) is 3.12. The first-order chi connectivity index (χ1) is 11.3. The molecule has 0 bridgehead atoms. The molecule has 0 aromatic heterocycles. The Kier molecular flexibility index (Phi) is 16.6. The van der Waals surface area contributed by atoms with Crippen molar-refractivity contribution in [1.82, 2.24) is 10.2 Å². The number of ether oxygens (including phenoxy) is 1. The fourth-order valence-corrected chi connectivity index (χ4v) is 1.40. The molecule has 0 aliphatic heterocycles. The van der Waals surface area contributed by atoms with Gasteiger partial charge in [-0.25, -0.2) is 4.79 Å². The maximum Gasteiger partial charge on any atom is 0.326 e. The standard InChI is InChI=1S/C8H11N3O3.C6H12.C2H4.C2H2/c1-3-4-11(7(2)9)8(13)10-5-14-6-12;1-5-4-6(5,2)3;2*1-2/h1,6,9H,4-5H2,2H3,(H,10,13);5H,4H2,1-3H3;1-2H2;1-2H. The lowest BCUT2D eigenvalue weighted by Gasteiger charge is -2.18. The summed E-state index contributed by atoms with van der Waals surface area (Å²) in [5.41, 5.74) is 0.708. The molecule has 0 radical (unpaired) electrons. The number of nitrogens with one attached hydrogen (secondary N) is 2. The highest BCUT2D eigenvalue weighted by Crippen LogP contribution is 2.50. The van der Waals surface area contributed by atoms with Gasteiger partial charge >= 0.3 is 6.03 Å². The number of hydrogen-bond acceptors (Lipinski definition) is 4. The Morgan fingerprint density at radius 3 is 2.17 bits per heavy atom. The van der Waals surface area contributed by atoms with Crippen LogP contribution in [-0.2, 0) is 9.53 Å². The molecule has 24 heavy (non-hydrogen) atoms. The van der Waals surface area contributed by atoms with Crippen molar-refractivity contribution in [2.24, 2.45) is 11.3 Å². The van der Waals surface area contributed by atoms with Gasteiger partial charge in [0.25, 0.3) is 6.47 Å². The number of urea groups is 1. The highest BCUT2D eigenvalue weighted by molar-refractivity contribution is 5.94. The summed E-state index contributed by atoms with van der Waals surface area (Å²) in [5, 5.41) is 9.47. The van der Waals surface area contributed by atoms with Crippen molar-refractivity contribution in [2.75, 3.05) is 13.3 Å². The van der Waals surface area contributed by atoms with Crippen LogP contribution < -0.4 is 5.32 Å². The Labute approximate surface area is 146 Å². The molecule has 0 aromatic rings. The Morgan fingerprint density at radius 2 is 1.92 bits per heavy atom. The number of amides is 2. The summed E-state index contributed by atoms with van der Waals surface area (Å²) in [4.78, 5) is 22.0. The lowest BCUT2D eigenvalue weighted by Crippen LogP contribution is -2.43. The van der Waals surface area contributed by atoms with Crippen LogP contribution in [0, 0.1) is 41.9 Å². The van der Waals surface area contributed by atoms with E-state index in [2.05, 4.69) is 62.7 Å². The van der Waals surface area contributed by atoms with Crippen molar-refractivity contribution in [2.45, 2.75) is 34.1 Å². The zero-order chi connectivity index (χ0) is 19.8. The SMILES string of the molecule is C#C.C#CCN(C(C)=N)C(=O)NCOC=O.C=C.CC1CC1(C)C. The second-order valence-corrected chi connectivity index (χ2v) is 5.36. The summed E-state index contributed by atoms with van der Waals surface area (Å²) in [5.74, 6) is 3.25. The third-order valence-corrected chi connectivity index (χ3v) is 3.28. The summed E-state index contributed by atoms with van der Waals surface area (Å²) < 4.78 is 4.25. The molecule has 0 aromatic carbocycles. The molecule has 6 nitrogen and oxygen atoms in total. The van der Waals surface area contributed by atoms with E-state index in [1.54, 1.807) is 0 Å². The van der Waals surface area contributed by atoms with Gasteiger partial charge in [-0.1, -0.05) is 26.7 Å². The largest absolute Gasteiger partial charge is 0.447 e. The number of hydrogen-bond donors (Lipinski definition) is 2. The van der Waals surface area contributed by atoms with Gasteiger partial charge in [0.15, 0.2) is 6.73 Å². The normalized spacial score (nSPS) is 15.0. The zero-order valence-corrected chi connectivity index (χ0v) is 15.1. The minimum absolute atomic E-state index is 0.00224. The molecule has 6 heteroatoms. The van der Waals surface area contributed by atoms with Crippen molar-refractivity contribution in [3.63, 3.8) is 0 Å². The molecule has 1 fully saturated rings. The first kappa shape index (κ1) is 26.2. The first-order valence-corrected chi connectivity index (χ1v) is 7.18. The van der Waals surface area contributed by atoms with Gasteiger partial charge in [0.05, 0.1) is 6.54 Å². The van der Waals surface area contributed by atoms with E-state index in [4.69, 9.17) is 11.8 Å². The van der Waals surface area contributed by atoms with Gasteiger partial charge in [0.2, 0.25) is 0 Å². The van der Waals surface area contributed by atoms with E-state index in [-0.39, 0.29) is 25.6 Å². The van der Waals surface area contributed by atoms with Gasteiger partial charge in [-0.2, -0.15) is 0 Å². The molecule has 1 aliphatic carbocycles. The Bertz CT molecular complexity index is 450. The van der Waals surface area contributed by atoms with Crippen molar-refractivity contribution < 1.29 is 14.3 Å². The van der Waals surface area contributed by atoms with Crippen molar-refractivity contribution in [3.8, 4) is 25.2 Å². The van der Waals surface area contributed by atoms with Crippen LogP contribution in [0.25, 0.3) is 0 Å². The smallest absolute Gasteiger partial charge is 0.326 e. The fraction of sp³-hybridized carbons (Fsp3) is 0.500. The molecule has 0 heterocycles. The molecule has 1 atom stereocenters. The third-order valence-electron chi connectivity index (χ3n) is 3.28. The van der Waals surface area contributed by atoms with Crippen molar-refractivity contribution in [3.05, 3.63) is 13.2 Å². The molecule has 1 unspecified atom stereocenters. The molecule has 1 rings (SSSR count). The van der Waals surface area contributed by atoms with E-state index in [1.807, 2.05) is 0 Å². The van der Waals surface area contributed by atoms with Crippen LogP contribution >= 0.6 is 0 Å². The van der Waals surface area contributed by atoms with E-state index in [1.165, 1.54) is 13.3 Å². The summed E-state index contributed by atoms with van der Waals surface area (Å²) in [6.07, 6.45) is 14.4. The minimum Gasteiger partial charge on any atom is -0.447 e. The van der Waals surface area contributed by atoms with Crippen molar-refractivity contribution in [1.29, 1.82) is 5.41 Å². The van der Waals surface area contributed by atoms with Crippen LogP contribution in [-0.4, -0.2) is 36.5 Å². The Balaban J connectivity index is -0.000000362. The molecule has 0 saturated heterocycles. The highest BCUT2D eigenvalue weighted by Gasteiger charge is 2.41. The summed E-state index contributed by atoms with van der Waals surface area (Å²) in [6, 6.07) is -0.572. The van der Waals surface area contributed by atoms with E-state index in [0.717, 1.165) is 10.8 Å². The van der Waals surface area contributed by atoms with Crippen LogP contribution in [0.15, 0.2) is 13.2 Å². The van der Waals surface area contributed by atoms with E-state index in [0.29, 0.717) is 5.41 Å². The number of nitrogens with zero attached hydrogens (tertiary/aromatic N) is 1. The van der Waals surface area contributed by atoms with Crippen LogP contribution in [0.2, 0.25) is 0 Å². The number of amidine groups is 1. The van der Waals surface area contributed by atoms with Crippen LogP contribution in [0.3, 0.4) is 0 Å². The molecular weight excluding hydrogens is 306 g/mol. The topological polar surface area (TPSA) is 82.5 Å². The number of rotatable bonds is 4. The van der Waals surface area contributed by atoms with E-state index in [9.17, 15) is 9.59 Å². The molecule has 1 saturated carbocycles. The lowest BCUT2D eigenvalue weighted by molar-refractivity contribution is -0.129. The van der Waals surface area contributed by atoms with Gasteiger partial charge in [0, 0.05) is 0 Å². The van der Waals surface area contributed by atoms with Crippen LogP contribution in [0.5, 0.6) is 0 Å². The first-order valence-electron chi connectivity index (χ1n) is 7.18. The second-order valence-electron chi connectivity index (χ2n) is 5.36. The fourth-order valence-electron chi connectivity index (χ4n) is 1.40. The lowest BCUT2D eigenvalue weighted by atomic mass is 10.1. The summed E-state index contributed by atoms with van der Waals surface area (Å²) in [6.45, 7) is 14.3. The zero-order valence-electron chi connectivity index (χ0n) is 15.1. The molecule has 2 amide bonds. The molecule has 0 spiro atoms. The molecule has 2 N–H and O–H groups in total. The summed E-state index contributed by atoms with van der Waals surface area (Å²) >= 11 is 0. The van der Waals surface area contributed by atoms with Gasteiger partial charge in [-0.05, 0) is 24.7 Å². The maximum absolute atomic E-state index is 11.2. The highest BCUT2D eigenvalue weighted by atomic mass is 16.5. The number of carbonyl (C=O) groups is 2. The Hall–Kier alpha value is -2.73. The average molecular weight is 335 g/mol. The maximum atomic E-state index is 11.2. The Morgan fingerprint density at radius 1 is 1.50 bits per heavy atom. The van der Waals surface area contributed by atoms with Crippen LogP contribution in [0.1, 0.15) is 34.1 Å². The van der Waals surface area contributed by atoms with Gasteiger partial charge in [0.1, 0.15) is 5.84 Å². The molecular formula is C18H29N3O3. The van der Waals surface area contributed by atoms with E-state index < -0.39 is 6.03 Å². The number of terminal acetylenes is 2. The predicted molar refractivity (Wildman–Crippen MR) is 98.2 cm³/mol. The van der Waals surface area contributed by atoms with Gasteiger partial charge in [-0.3, -0.25) is 15.1 Å². The van der Waals surface area contributed by atoms with Gasteiger partial charge < -0.3 is 10.1 Å². The second kappa shape index (κ2) is 15.2. The molecule has 1 aliphatic rings. The predicted octanol–water partition coefficient (Wildman–Crippen LogP) is 2.86. The third kappa shape index (κ3) is 13.0.